The van der Waals surface area contributed by atoms with Crippen molar-refractivity contribution in [3.8, 4) is 28.8 Å². The third kappa shape index (κ3) is 4.77. The monoisotopic (exact) mass is 504 g/mol. The highest BCUT2D eigenvalue weighted by Crippen LogP contribution is 2.37. The number of halogens is 2. The molecule has 1 amide bonds. The summed E-state index contributed by atoms with van der Waals surface area (Å²) in [6.45, 7) is 0.345. The largest absolute Gasteiger partial charge is 0.496 e. The van der Waals surface area contributed by atoms with Crippen molar-refractivity contribution in [3.05, 3.63) is 47.8 Å². The first-order valence-electron chi connectivity index (χ1n) is 10.5. The van der Waals surface area contributed by atoms with Gasteiger partial charge in [0.25, 0.3) is 5.91 Å². The number of nitrogens with one attached hydrogen (secondary N) is 1. The molecule has 3 heterocycles. The average molecular weight is 505 g/mol. The van der Waals surface area contributed by atoms with Crippen molar-refractivity contribution in [1.29, 1.82) is 5.26 Å². The van der Waals surface area contributed by atoms with E-state index in [2.05, 4.69) is 21.1 Å². The van der Waals surface area contributed by atoms with Gasteiger partial charge in [-0.15, -0.1) is 0 Å². The third-order valence-corrected chi connectivity index (χ3v) is 7.61. The number of hydrogen-bond donors (Lipinski definition) is 1. The maximum absolute atomic E-state index is 13.2. The van der Waals surface area contributed by atoms with Crippen LogP contribution in [0.4, 0.5) is 8.78 Å². The fourth-order valence-electron chi connectivity index (χ4n) is 3.86. The van der Waals surface area contributed by atoms with Crippen molar-refractivity contribution in [3.63, 3.8) is 0 Å². The fourth-order valence-corrected chi connectivity index (χ4v) is 5.16. The molecule has 4 rings (SSSR count). The first-order chi connectivity index (χ1) is 16.4. The zero-order chi connectivity index (χ0) is 25.5. The number of carbonyl (C=O) groups is 1. The van der Waals surface area contributed by atoms with Gasteiger partial charge in [0.15, 0.2) is 9.84 Å². The minimum absolute atomic E-state index is 0.0324. The van der Waals surface area contributed by atoms with Gasteiger partial charge in [0.1, 0.15) is 22.7 Å². The van der Waals surface area contributed by atoms with Crippen LogP contribution in [0.1, 0.15) is 29.8 Å². The van der Waals surface area contributed by atoms with E-state index in [0.717, 1.165) is 5.56 Å². The molecule has 0 aliphatic carbocycles. The lowest BCUT2D eigenvalue weighted by Gasteiger charge is -2.27. The van der Waals surface area contributed by atoms with Crippen LogP contribution in [0, 0.1) is 11.3 Å². The molecule has 0 spiro atoms. The number of benzene rings is 1. The van der Waals surface area contributed by atoms with Gasteiger partial charge in [0.2, 0.25) is 0 Å². The predicted molar refractivity (Wildman–Crippen MR) is 122 cm³/mol. The molecule has 1 fully saturated rings. The SMILES string of the molecule is COc1cc(-c2cnc3cc(C(C)(C)C#N)ccn23)cc(OC(F)F)c1C(=O)NC1CS(=O)(=O)C1. The lowest BCUT2D eigenvalue weighted by Crippen LogP contribution is -2.53. The number of aromatic nitrogens is 2. The third-order valence-electron chi connectivity index (χ3n) is 5.78. The van der Waals surface area contributed by atoms with Crippen molar-refractivity contribution in [2.45, 2.75) is 31.9 Å². The fraction of sp³-hybridized carbons (Fsp3) is 0.348. The Balaban J connectivity index is 1.77. The van der Waals surface area contributed by atoms with E-state index < -0.39 is 39.6 Å². The van der Waals surface area contributed by atoms with Crippen molar-refractivity contribution in [2.24, 2.45) is 0 Å². The quantitative estimate of drug-likeness (QED) is 0.525. The molecule has 3 aromatic rings. The van der Waals surface area contributed by atoms with E-state index >= 15 is 0 Å². The smallest absolute Gasteiger partial charge is 0.387 e. The van der Waals surface area contributed by atoms with Gasteiger partial charge in [0.05, 0.1) is 48.0 Å². The number of methoxy groups -OCH3 is 1. The van der Waals surface area contributed by atoms with Gasteiger partial charge in [-0.05, 0) is 43.7 Å². The number of hydrogen-bond acceptors (Lipinski definition) is 7. The second-order valence-corrected chi connectivity index (χ2v) is 10.9. The molecule has 1 N–H and O–H groups in total. The van der Waals surface area contributed by atoms with E-state index in [1.807, 2.05) is 0 Å². The number of nitrogens with zero attached hydrogens (tertiary/aromatic N) is 3. The van der Waals surface area contributed by atoms with E-state index in [4.69, 9.17) is 4.74 Å². The predicted octanol–water partition coefficient (Wildman–Crippen LogP) is 2.94. The van der Waals surface area contributed by atoms with Gasteiger partial charge in [-0.3, -0.25) is 9.20 Å². The Bertz CT molecular complexity index is 1450. The first-order valence-corrected chi connectivity index (χ1v) is 12.3. The second-order valence-electron chi connectivity index (χ2n) is 8.70. The molecule has 1 aromatic carbocycles. The summed E-state index contributed by atoms with van der Waals surface area (Å²) in [7, 11) is -1.92. The number of ether oxygens (including phenoxy) is 2. The van der Waals surface area contributed by atoms with Crippen molar-refractivity contribution in [1.82, 2.24) is 14.7 Å². The molecule has 9 nitrogen and oxygen atoms in total. The molecule has 0 bridgehead atoms. The summed E-state index contributed by atoms with van der Waals surface area (Å²) in [4.78, 5) is 17.2. The molecule has 1 aliphatic rings. The number of amides is 1. The zero-order valence-electron chi connectivity index (χ0n) is 19.1. The van der Waals surface area contributed by atoms with Crippen molar-refractivity contribution >= 4 is 21.4 Å². The molecule has 0 unspecified atom stereocenters. The summed E-state index contributed by atoms with van der Waals surface area (Å²) in [6, 6.07) is 7.90. The Morgan fingerprint density at radius 3 is 2.57 bits per heavy atom. The molecule has 2 aromatic heterocycles. The molecule has 0 radical (unpaired) electrons. The molecular weight excluding hydrogens is 482 g/mol. The van der Waals surface area contributed by atoms with Gasteiger partial charge in [-0.25, -0.2) is 13.4 Å². The zero-order valence-corrected chi connectivity index (χ0v) is 19.9. The van der Waals surface area contributed by atoms with Gasteiger partial charge < -0.3 is 14.8 Å². The summed E-state index contributed by atoms with van der Waals surface area (Å²) in [5.74, 6) is -1.70. The Labute approximate surface area is 200 Å². The second kappa shape index (κ2) is 8.81. The number of carbonyl (C=O) groups excluding carboxylic acids is 1. The normalized spacial score (nSPS) is 15.5. The van der Waals surface area contributed by atoms with E-state index in [1.54, 1.807) is 36.6 Å². The summed E-state index contributed by atoms with van der Waals surface area (Å²) < 4.78 is 61.0. The van der Waals surface area contributed by atoms with Gasteiger partial charge in [0, 0.05) is 11.8 Å². The standard InChI is InChI=1S/C23H22F2N4O5S/c1-23(2,12-26)14-4-5-29-16(9-27-19(29)8-14)13-6-17(33-3)20(18(7-13)34-22(24)25)21(30)28-15-10-35(31,32)11-15/h4-9,15,22H,10-11H2,1-3H3,(H,28,30). The van der Waals surface area contributed by atoms with Gasteiger partial charge >= 0.3 is 6.61 Å². The summed E-state index contributed by atoms with van der Waals surface area (Å²) >= 11 is 0. The van der Waals surface area contributed by atoms with Crippen LogP contribution in [0.15, 0.2) is 36.7 Å². The van der Waals surface area contributed by atoms with Crippen LogP contribution in [0.3, 0.4) is 0 Å². The Morgan fingerprint density at radius 1 is 1.29 bits per heavy atom. The van der Waals surface area contributed by atoms with Crippen LogP contribution in [0.2, 0.25) is 0 Å². The van der Waals surface area contributed by atoms with E-state index in [9.17, 15) is 27.3 Å². The van der Waals surface area contributed by atoms with Crippen molar-refractivity contribution < 1.29 is 31.5 Å². The molecule has 1 aliphatic heterocycles. The van der Waals surface area contributed by atoms with Crippen LogP contribution in [0.25, 0.3) is 16.9 Å². The minimum Gasteiger partial charge on any atom is -0.496 e. The van der Waals surface area contributed by atoms with Crippen LogP contribution in [-0.2, 0) is 15.3 Å². The van der Waals surface area contributed by atoms with E-state index in [1.165, 1.54) is 25.4 Å². The summed E-state index contributed by atoms with van der Waals surface area (Å²) in [5.41, 5.74) is 1.19. The molecule has 12 heteroatoms. The topological polar surface area (TPSA) is 123 Å². The first kappa shape index (κ1) is 24.4. The summed E-state index contributed by atoms with van der Waals surface area (Å²) in [5, 5.41) is 11.9. The average Bonchev–Trinajstić information content (AvgIpc) is 3.20. The highest BCUT2D eigenvalue weighted by molar-refractivity contribution is 7.92. The van der Waals surface area contributed by atoms with Gasteiger partial charge in [-0.2, -0.15) is 14.0 Å². The highest BCUT2D eigenvalue weighted by atomic mass is 32.2. The Hall–Kier alpha value is -3.72. The molecule has 0 saturated carbocycles. The number of imidazole rings is 1. The number of alkyl halides is 2. The number of pyridine rings is 1. The number of fused-ring (bicyclic) bond motifs is 1. The minimum atomic E-state index is -3.22. The van der Waals surface area contributed by atoms with Crippen molar-refractivity contribution in [2.75, 3.05) is 18.6 Å². The maximum atomic E-state index is 13.2. The Morgan fingerprint density at radius 2 is 1.97 bits per heavy atom. The lowest BCUT2D eigenvalue weighted by atomic mass is 9.87. The molecule has 0 atom stereocenters. The number of sulfone groups is 1. The van der Waals surface area contributed by atoms with Gasteiger partial charge in [-0.1, -0.05) is 0 Å². The number of rotatable bonds is 7. The van der Waals surface area contributed by atoms with E-state index in [0.29, 0.717) is 16.9 Å². The van der Waals surface area contributed by atoms with Crippen LogP contribution in [0.5, 0.6) is 11.5 Å². The van der Waals surface area contributed by atoms with Crippen LogP contribution < -0.4 is 14.8 Å². The molecule has 35 heavy (non-hydrogen) atoms. The number of nitriles is 1. The molecule has 184 valence electrons. The summed E-state index contributed by atoms with van der Waals surface area (Å²) in [6.07, 6.45) is 3.24. The van der Waals surface area contributed by atoms with E-state index in [-0.39, 0.29) is 22.8 Å². The van der Waals surface area contributed by atoms with Crippen LogP contribution in [-0.4, -0.2) is 55.0 Å². The lowest BCUT2D eigenvalue weighted by molar-refractivity contribution is -0.0502. The highest BCUT2D eigenvalue weighted by Gasteiger charge is 2.36. The molecule has 1 saturated heterocycles. The maximum Gasteiger partial charge on any atom is 0.387 e. The van der Waals surface area contributed by atoms with Crippen LogP contribution >= 0.6 is 0 Å². The molecular formula is C23H22F2N4O5S. The Kier molecular flexibility index (Phi) is 6.14.